The molecule has 0 aliphatic rings. The Morgan fingerprint density at radius 1 is 1.00 bits per heavy atom. The van der Waals surface area contributed by atoms with Gasteiger partial charge in [-0.1, -0.05) is 51.5 Å². The molecule has 1 nitrogen and oxygen atoms in total. The Bertz CT molecular complexity index is 600. The summed E-state index contributed by atoms with van der Waals surface area (Å²) in [5, 5.41) is 3.52. The first-order valence-electron chi connectivity index (χ1n) is 7.11. The minimum Gasteiger partial charge on any atom is -0.308 e. The van der Waals surface area contributed by atoms with Crippen molar-refractivity contribution < 1.29 is 0 Å². The van der Waals surface area contributed by atoms with Gasteiger partial charge in [-0.15, -0.1) is 0 Å². The second-order valence-corrected chi connectivity index (χ2v) is 8.27. The van der Waals surface area contributed by atoms with Crippen LogP contribution in [0, 0.1) is 6.92 Å². The van der Waals surface area contributed by atoms with E-state index in [0.29, 0.717) is 0 Å². The van der Waals surface area contributed by atoms with Gasteiger partial charge in [-0.2, -0.15) is 0 Å². The van der Waals surface area contributed by atoms with E-state index in [2.05, 4.69) is 91.4 Å². The van der Waals surface area contributed by atoms with Crippen LogP contribution < -0.4 is 5.32 Å². The topological polar surface area (TPSA) is 12.0 Å². The first kappa shape index (κ1) is 16.6. The maximum atomic E-state index is 3.69. The molecule has 0 heterocycles. The second kappa shape index (κ2) is 6.99. The summed E-state index contributed by atoms with van der Waals surface area (Å²) in [4.78, 5) is 2.53. The lowest BCUT2D eigenvalue weighted by atomic mass is 10.1. The van der Waals surface area contributed by atoms with Crippen molar-refractivity contribution in [3.05, 3.63) is 58.1 Å². The van der Waals surface area contributed by atoms with Crippen molar-refractivity contribution in [2.45, 2.75) is 49.6 Å². The highest BCUT2D eigenvalue weighted by molar-refractivity contribution is 9.10. The van der Waals surface area contributed by atoms with E-state index in [9.17, 15) is 0 Å². The Hall–Kier alpha value is -0.770. The third-order valence-electron chi connectivity index (χ3n) is 3.09. The minimum atomic E-state index is 0.134. The molecule has 0 spiro atoms. The highest BCUT2D eigenvalue weighted by Crippen LogP contribution is 2.31. The van der Waals surface area contributed by atoms with Gasteiger partial charge in [0, 0.05) is 26.3 Å². The molecule has 0 unspecified atom stereocenters. The van der Waals surface area contributed by atoms with Crippen LogP contribution in [0.1, 0.15) is 31.9 Å². The summed E-state index contributed by atoms with van der Waals surface area (Å²) in [5.41, 5.74) is 2.72. The van der Waals surface area contributed by atoms with Crippen LogP contribution in [0.25, 0.3) is 0 Å². The van der Waals surface area contributed by atoms with Crippen LogP contribution in [0.3, 0.4) is 0 Å². The maximum Gasteiger partial charge on any atom is 0.0231 e. The summed E-state index contributed by atoms with van der Waals surface area (Å²) in [6, 6.07) is 15.2. The Kier molecular flexibility index (Phi) is 5.53. The van der Waals surface area contributed by atoms with Gasteiger partial charge in [0.05, 0.1) is 0 Å². The molecule has 0 aromatic heterocycles. The summed E-state index contributed by atoms with van der Waals surface area (Å²) >= 11 is 5.48. The lowest BCUT2D eigenvalue weighted by Crippen LogP contribution is -2.35. The van der Waals surface area contributed by atoms with Crippen molar-refractivity contribution in [1.82, 2.24) is 5.32 Å². The van der Waals surface area contributed by atoms with Crippen molar-refractivity contribution in [3.8, 4) is 0 Å². The third kappa shape index (κ3) is 5.50. The van der Waals surface area contributed by atoms with E-state index in [0.717, 1.165) is 11.0 Å². The fraction of sp³-hybridized carbons (Fsp3) is 0.333. The molecule has 112 valence electrons. The van der Waals surface area contributed by atoms with E-state index in [1.54, 1.807) is 11.8 Å². The van der Waals surface area contributed by atoms with Crippen molar-refractivity contribution in [3.63, 3.8) is 0 Å². The molecule has 0 aliphatic carbocycles. The molecule has 0 saturated heterocycles. The van der Waals surface area contributed by atoms with Gasteiger partial charge < -0.3 is 5.32 Å². The number of aryl methyl sites for hydroxylation is 1. The van der Waals surface area contributed by atoms with Gasteiger partial charge >= 0.3 is 0 Å². The van der Waals surface area contributed by atoms with Crippen LogP contribution in [0.5, 0.6) is 0 Å². The Labute approximate surface area is 140 Å². The predicted octanol–water partition coefficient (Wildman–Crippen LogP) is 5.80. The molecule has 0 atom stereocenters. The monoisotopic (exact) mass is 363 g/mol. The van der Waals surface area contributed by atoms with Gasteiger partial charge in [0.1, 0.15) is 0 Å². The molecular weight excluding hydrogens is 342 g/mol. The SMILES string of the molecule is Cc1ccc(Sc2ccc(CNC(C)(C)C)c(Br)c2)cc1. The molecule has 0 amide bonds. The van der Waals surface area contributed by atoms with Crippen molar-refractivity contribution >= 4 is 27.7 Å². The van der Waals surface area contributed by atoms with Gasteiger partial charge in [0.15, 0.2) is 0 Å². The minimum absolute atomic E-state index is 0.134. The average Bonchev–Trinajstić information content (AvgIpc) is 2.39. The van der Waals surface area contributed by atoms with Crippen LogP contribution in [-0.4, -0.2) is 5.54 Å². The Morgan fingerprint density at radius 3 is 2.19 bits per heavy atom. The Balaban J connectivity index is 2.06. The van der Waals surface area contributed by atoms with Crippen LogP contribution in [0.4, 0.5) is 0 Å². The van der Waals surface area contributed by atoms with Crippen molar-refractivity contribution in [1.29, 1.82) is 0 Å². The van der Waals surface area contributed by atoms with E-state index < -0.39 is 0 Å². The maximum absolute atomic E-state index is 3.69. The predicted molar refractivity (Wildman–Crippen MR) is 96.0 cm³/mol. The number of hydrogen-bond acceptors (Lipinski definition) is 2. The molecule has 0 bridgehead atoms. The number of nitrogens with one attached hydrogen (secondary N) is 1. The fourth-order valence-electron chi connectivity index (χ4n) is 1.84. The number of benzene rings is 2. The first-order valence-corrected chi connectivity index (χ1v) is 8.72. The molecule has 2 rings (SSSR count). The summed E-state index contributed by atoms with van der Waals surface area (Å²) in [6.45, 7) is 9.54. The van der Waals surface area contributed by atoms with Gasteiger partial charge in [-0.3, -0.25) is 0 Å². The molecule has 0 saturated carbocycles. The zero-order chi connectivity index (χ0) is 15.5. The molecule has 3 heteroatoms. The number of halogens is 1. The Morgan fingerprint density at radius 2 is 1.62 bits per heavy atom. The van der Waals surface area contributed by atoms with Crippen LogP contribution in [0.15, 0.2) is 56.7 Å². The smallest absolute Gasteiger partial charge is 0.0231 e. The van der Waals surface area contributed by atoms with E-state index in [4.69, 9.17) is 0 Å². The van der Waals surface area contributed by atoms with Crippen LogP contribution in [-0.2, 0) is 6.54 Å². The molecule has 0 aliphatic heterocycles. The average molecular weight is 364 g/mol. The zero-order valence-electron chi connectivity index (χ0n) is 13.0. The third-order valence-corrected chi connectivity index (χ3v) is 4.83. The lowest BCUT2D eigenvalue weighted by molar-refractivity contribution is 0.424. The molecule has 21 heavy (non-hydrogen) atoms. The molecule has 2 aromatic rings. The second-order valence-electron chi connectivity index (χ2n) is 6.27. The van der Waals surface area contributed by atoms with Crippen LogP contribution >= 0.6 is 27.7 Å². The van der Waals surface area contributed by atoms with E-state index >= 15 is 0 Å². The number of hydrogen-bond donors (Lipinski definition) is 1. The molecular formula is C18H22BrNS. The van der Waals surface area contributed by atoms with Gasteiger partial charge in [0.2, 0.25) is 0 Å². The van der Waals surface area contributed by atoms with Gasteiger partial charge in [-0.05, 0) is 57.5 Å². The normalized spacial score (nSPS) is 11.7. The van der Waals surface area contributed by atoms with Crippen LogP contribution in [0.2, 0.25) is 0 Å². The highest BCUT2D eigenvalue weighted by atomic mass is 79.9. The van der Waals surface area contributed by atoms with Crippen molar-refractivity contribution in [2.24, 2.45) is 0 Å². The lowest BCUT2D eigenvalue weighted by Gasteiger charge is -2.21. The molecule has 0 radical (unpaired) electrons. The van der Waals surface area contributed by atoms with Gasteiger partial charge in [0.25, 0.3) is 0 Å². The summed E-state index contributed by atoms with van der Waals surface area (Å²) in [5.74, 6) is 0. The largest absolute Gasteiger partial charge is 0.308 e. The highest BCUT2D eigenvalue weighted by Gasteiger charge is 2.10. The summed E-state index contributed by atoms with van der Waals surface area (Å²) < 4.78 is 1.16. The first-order chi connectivity index (χ1) is 9.83. The zero-order valence-corrected chi connectivity index (χ0v) is 15.4. The van der Waals surface area contributed by atoms with Gasteiger partial charge in [-0.25, -0.2) is 0 Å². The molecule has 1 N–H and O–H groups in total. The molecule has 2 aromatic carbocycles. The number of rotatable bonds is 4. The summed E-state index contributed by atoms with van der Waals surface area (Å²) in [7, 11) is 0. The molecule has 0 fully saturated rings. The van der Waals surface area contributed by atoms with E-state index in [-0.39, 0.29) is 5.54 Å². The van der Waals surface area contributed by atoms with E-state index in [1.165, 1.54) is 20.9 Å². The standard InChI is InChI=1S/C18H22BrNS/c1-13-5-8-15(9-6-13)21-16-10-7-14(17(19)11-16)12-20-18(2,3)4/h5-11,20H,12H2,1-4H3. The quantitative estimate of drug-likeness (QED) is 0.736. The fourth-order valence-corrected chi connectivity index (χ4v) is 3.37. The summed E-state index contributed by atoms with van der Waals surface area (Å²) in [6.07, 6.45) is 0. The van der Waals surface area contributed by atoms with E-state index in [1.807, 2.05) is 0 Å². The van der Waals surface area contributed by atoms with Crippen molar-refractivity contribution in [2.75, 3.05) is 0 Å².